The van der Waals surface area contributed by atoms with Crippen LogP contribution >= 0.6 is 0 Å². The molecule has 1 heterocycles. The summed E-state index contributed by atoms with van der Waals surface area (Å²) in [6.07, 6.45) is 4.76. The van der Waals surface area contributed by atoms with Gasteiger partial charge in [-0.3, -0.25) is 19.3 Å². The van der Waals surface area contributed by atoms with Gasteiger partial charge >= 0.3 is 5.97 Å². The van der Waals surface area contributed by atoms with Crippen LogP contribution in [0.3, 0.4) is 0 Å². The van der Waals surface area contributed by atoms with E-state index in [2.05, 4.69) is 5.32 Å². The topological polar surface area (TPSA) is 75.7 Å². The molecule has 0 bridgehead atoms. The number of carbonyl (C=O) groups excluding carboxylic acids is 3. The third-order valence-electron chi connectivity index (χ3n) is 5.17. The molecule has 1 spiro atoms. The quantitative estimate of drug-likeness (QED) is 0.864. The average molecular weight is 328 g/mol. The molecular weight excluding hydrogens is 308 g/mol. The highest BCUT2D eigenvalue weighted by Gasteiger charge is 2.52. The van der Waals surface area contributed by atoms with Crippen molar-refractivity contribution in [3.63, 3.8) is 0 Å². The molecule has 0 saturated heterocycles. The van der Waals surface area contributed by atoms with Gasteiger partial charge in [0, 0.05) is 0 Å². The minimum atomic E-state index is -0.850. The molecule has 6 heteroatoms. The van der Waals surface area contributed by atoms with Crippen molar-refractivity contribution in [1.82, 2.24) is 0 Å². The zero-order valence-electron chi connectivity index (χ0n) is 13.4. The minimum Gasteiger partial charge on any atom is -0.455 e. The van der Waals surface area contributed by atoms with E-state index in [0.717, 1.165) is 25.7 Å². The summed E-state index contributed by atoms with van der Waals surface area (Å²) in [4.78, 5) is 38.9. The molecule has 126 valence electrons. The van der Waals surface area contributed by atoms with Crippen LogP contribution < -0.4 is 10.2 Å². The lowest BCUT2D eigenvalue weighted by atomic mass is 9.90. The Morgan fingerprint density at radius 2 is 1.92 bits per heavy atom. The summed E-state index contributed by atoms with van der Waals surface area (Å²) >= 11 is 0. The van der Waals surface area contributed by atoms with E-state index in [1.807, 2.05) is 18.2 Å². The number of esters is 1. The number of hydrogen-bond acceptors (Lipinski definition) is 4. The molecule has 3 aliphatic rings. The standard InChI is InChI=1S/C18H20N2O4/c21-15(11-24-16(22)12-7-8-12)20-14-6-2-1-5-13(14)19-17(23)18(20)9-3-4-10-18/h1-2,5-6,12H,3-4,7-11H2,(H,19,23). The second-order valence-corrected chi connectivity index (χ2v) is 6.82. The normalized spacial score (nSPS) is 21.3. The number of fused-ring (bicyclic) bond motifs is 1. The van der Waals surface area contributed by atoms with Crippen LogP contribution in [0.5, 0.6) is 0 Å². The number of para-hydroxylation sites is 2. The van der Waals surface area contributed by atoms with Crippen LogP contribution in [0.1, 0.15) is 38.5 Å². The summed E-state index contributed by atoms with van der Waals surface area (Å²) in [5.74, 6) is -0.817. The molecule has 6 nitrogen and oxygen atoms in total. The van der Waals surface area contributed by atoms with Gasteiger partial charge in [0.05, 0.1) is 17.3 Å². The van der Waals surface area contributed by atoms with Gasteiger partial charge in [0.15, 0.2) is 6.61 Å². The first-order valence-electron chi connectivity index (χ1n) is 8.52. The Morgan fingerprint density at radius 3 is 2.62 bits per heavy atom. The maximum Gasteiger partial charge on any atom is 0.309 e. The molecule has 2 aliphatic carbocycles. The van der Waals surface area contributed by atoms with Gasteiger partial charge in [-0.15, -0.1) is 0 Å². The number of nitrogens with zero attached hydrogens (tertiary/aromatic N) is 1. The van der Waals surface area contributed by atoms with Gasteiger partial charge in [-0.1, -0.05) is 25.0 Å². The first-order valence-corrected chi connectivity index (χ1v) is 8.52. The first kappa shape index (κ1) is 15.2. The number of rotatable bonds is 3. The monoisotopic (exact) mass is 328 g/mol. The fourth-order valence-electron chi connectivity index (χ4n) is 3.76. The number of benzene rings is 1. The maximum atomic E-state index is 12.9. The molecule has 24 heavy (non-hydrogen) atoms. The fraction of sp³-hybridized carbons (Fsp3) is 0.500. The summed E-state index contributed by atoms with van der Waals surface area (Å²) in [5.41, 5.74) is 0.464. The number of amides is 2. The van der Waals surface area contributed by atoms with Crippen LogP contribution in [-0.2, 0) is 19.1 Å². The van der Waals surface area contributed by atoms with Gasteiger partial charge in [0.25, 0.3) is 11.8 Å². The van der Waals surface area contributed by atoms with E-state index in [9.17, 15) is 14.4 Å². The molecule has 0 atom stereocenters. The Labute approximate surface area is 140 Å². The van der Waals surface area contributed by atoms with Crippen molar-refractivity contribution in [2.24, 2.45) is 5.92 Å². The van der Waals surface area contributed by atoms with Crippen molar-refractivity contribution in [1.29, 1.82) is 0 Å². The van der Waals surface area contributed by atoms with Gasteiger partial charge in [-0.25, -0.2) is 0 Å². The van der Waals surface area contributed by atoms with Crippen LogP contribution in [0.2, 0.25) is 0 Å². The van der Waals surface area contributed by atoms with Crippen LogP contribution in [0.15, 0.2) is 24.3 Å². The van der Waals surface area contributed by atoms with E-state index >= 15 is 0 Å². The molecule has 1 aliphatic heterocycles. The summed E-state index contributed by atoms with van der Waals surface area (Å²) in [5, 5.41) is 2.93. The third kappa shape index (κ3) is 2.37. The van der Waals surface area contributed by atoms with Crippen molar-refractivity contribution in [3.05, 3.63) is 24.3 Å². The molecule has 0 aromatic heterocycles. The molecule has 0 unspecified atom stereocenters. The summed E-state index contributed by atoms with van der Waals surface area (Å²) < 4.78 is 5.17. The molecule has 2 amide bonds. The van der Waals surface area contributed by atoms with E-state index in [0.29, 0.717) is 24.2 Å². The first-order chi connectivity index (χ1) is 11.6. The summed E-state index contributed by atoms with van der Waals surface area (Å²) in [6, 6.07) is 7.28. The highest BCUT2D eigenvalue weighted by Crippen LogP contribution is 2.45. The third-order valence-corrected chi connectivity index (χ3v) is 5.17. The lowest BCUT2D eigenvalue weighted by Crippen LogP contribution is -2.61. The van der Waals surface area contributed by atoms with Crippen LogP contribution in [0, 0.1) is 5.92 Å². The molecule has 2 fully saturated rings. The fourth-order valence-corrected chi connectivity index (χ4v) is 3.76. The Balaban J connectivity index is 1.64. The number of carbonyl (C=O) groups is 3. The van der Waals surface area contributed by atoms with E-state index in [1.54, 1.807) is 11.0 Å². The van der Waals surface area contributed by atoms with Gasteiger partial charge in [0.2, 0.25) is 0 Å². The second-order valence-electron chi connectivity index (χ2n) is 6.82. The molecule has 4 rings (SSSR count). The highest BCUT2D eigenvalue weighted by atomic mass is 16.5. The van der Waals surface area contributed by atoms with E-state index in [4.69, 9.17) is 4.74 Å². The zero-order valence-corrected chi connectivity index (χ0v) is 13.4. The summed E-state index contributed by atoms with van der Waals surface area (Å²) in [6.45, 7) is -0.307. The molecule has 2 saturated carbocycles. The van der Waals surface area contributed by atoms with Crippen molar-refractivity contribution in [3.8, 4) is 0 Å². The second kappa shape index (κ2) is 5.61. The van der Waals surface area contributed by atoms with E-state index < -0.39 is 5.54 Å². The Bertz CT molecular complexity index is 705. The molecule has 1 aromatic rings. The van der Waals surface area contributed by atoms with Gasteiger partial charge in [-0.2, -0.15) is 0 Å². The van der Waals surface area contributed by atoms with Crippen LogP contribution in [0.4, 0.5) is 11.4 Å². The van der Waals surface area contributed by atoms with Crippen molar-refractivity contribution in [2.75, 3.05) is 16.8 Å². The Hall–Kier alpha value is -2.37. The zero-order chi connectivity index (χ0) is 16.7. The smallest absolute Gasteiger partial charge is 0.309 e. The number of nitrogens with one attached hydrogen (secondary N) is 1. The van der Waals surface area contributed by atoms with Gasteiger partial charge < -0.3 is 10.1 Å². The van der Waals surface area contributed by atoms with Crippen LogP contribution in [-0.4, -0.2) is 29.9 Å². The van der Waals surface area contributed by atoms with Gasteiger partial charge in [0.1, 0.15) is 5.54 Å². The Morgan fingerprint density at radius 1 is 1.21 bits per heavy atom. The number of hydrogen-bond donors (Lipinski definition) is 1. The van der Waals surface area contributed by atoms with Crippen molar-refractivity contribution >= 4 is 29.2 Å². The summed E-state index contributed by atoms with van der Waals surface area (Å²) in [7, 11) is 0. The minimum absolute atomic E-state index is 0.0461. The maximum absolute atomic E-state index is 12.9. The lowest BCUT2D eigenvalue weighted by molar-refractivity contribution is -0.149. The van der Waals surface area contributed by atoms with Crippen molar-refractivity contribution < 1.29 is 19.1 Å². The molecule has 0 radical (unpaired) electrons. The highest BCUT2D eigenvalue weighted by molar-refractivity contribution is 6.15. The van der Waals surface area contributed by atoms with Gasteiger partial charge in [-0.05, 0) is 37.8 Å². The average Bonchev–Trinajstić information content (AvgIpc) is 3.33. The molecule has 1 aromatic carbocycles. The van der Waals surface area contributed by atoms with Crippen LogP contribution in [0.25, 0.3) is 0 Å². The molecular formula is C18H20N2O4. The molecule has 1 N–H and O–H groups in total. The number of anilines is 2. The SMILES string of the molecule is O=C(OCC(=O)N1c2ccccc2NC(=O)C12CCCC2)C1CC1. The van der Waals surface area contributed by atoms with E-state index in [-0.39, 0.29) is 30.3 Å². The lowest BCUT2D eigenvalue weighted by Gasteiger charge is -2.44. The van der Waals surface area contributed by atoms with E-state index in [1.165, 1.54) is 0 Å². The predicted octanol–water partition coefficient (Wildman–Crippen LogP) is 2.24. The largest absolute Gasteiger partial charge is 0.455 e. The number of ether oxygens (including phenoxy) is 1. The Kier molecular flexibility index (Phi) is 3.55. The predicted molar refractivity (Wildman–Crippen MR) is 87.4 cm³/mol. The van der Waals surface area contributed by atoms with Crippen molar-refractivity contribution in [2.45, 2.75) is 44.1 Å².